The second kappa shape index (κ2) is 7.01. The molecule has 1 unspecified atom stereocenters. The average Bonchev–Trinajstić information content (AvgIpc) is 3.22. The van der Waals surface area contributed by atoms with Crippen LogP contribution in [-0.4, -0.2) is 24.7 Å². The molecule has 3 heteroatoms. The van der Waals surface area contributed by atoms with Crippen LogP contribution in [-0.2, 0) is 17.6 Å². The Balaban J connectivity index is 2.05. The predicted octanol–water partition coefficient (Wildman–Crippen LogP) is 3.04. The first-order valence-electron chi connectivity index (χ1n) is 7.47. The molecular weight excluding hydrogens is 236 g/mol. The number of hydrogen-bond acceptors (Lipinski definition) is 3. The first-order chi connectivity index (χ1) is 9.22. The van der Waals surface area contributed by atoms with Crippen LogP contribution in [0.4, 0.5) is 0 Å². The van der Waals surface area contributed by atoms with E-state index in [1.54, 1.807) is 7.11 Å². The number of rotatable bonds is 8. The van der Waals surface area contributed by atoms with Crippen LogP contribution in [0, 0.1) is 0 Å². The maximum atomic E-state index is 5.12. The zero-order valence-electron chi connectivity index (χ0n) is 12.4. The molecule has 1 N–H and O–H groups in total. The molecule has 1 aliphatic carbocycles. The molecule has 3 nitrogen and oxygen atoms in total. The first kappa shape index (κ1) is 14.5. The fourth-order valence-electron chi connectivity index (χ4n) is 2.33. The molecule has 1 heterocycles. The molecule has 0 amide bonds. The van der Waals surface area contributed by atoms with Crippen molar-refractivity contribution in [3.63, 3.8) is 0 Å². The van der Waals surface area contributed by atoms with Gasteiger partial charge in [-0.05, 0) is 56.7 Å². The van der Waals surface area contributed by atoms with Crippen LogP contribution in [0.3, 0.4) is 0 Å². The summed E-state index contributed by atoms with van der Waals surface area (Å²) in [4.78, 5) is 4.72. The Labute approximate surface area is 116 Å². The maximum Gasteiger partial charge on any atom is 0.0466 e. The standard InChI is InChI=1S/C16H26N2O/c1-4-14-10-13(12(2)17-15-7-8-15)11-16(18-14)6-5-9-19-3/h10-12,15,17H,4-9H2,1-3H3. The van der Waals surface area contributed by atoms with Gasteiger partial charge in [0.2, 0.25) is 0 Å². The van der Waals surface area contributed by atoms with E-state index in [0.717, 1.165) is 31.9 Å². The van der Waals surface area contributed by atoms with Gasteiger partial charge in [-0.15, -0.1) is 0 Å². The van der Waals surface area contributed by atoms with Gasteiger partial charge in [-0.2, -0.15) is 0 Å². The number of methoxy groups -OCH3 is 1. The molecule has 1 aromatic rings. The molecule has 2 rings (SSSR count). The molecule has 0 bridgehead atoms. The van der Waals surface area contributed by atoms with Gasteiger partial charge < -0.3 is 10.1 Å². The summed E-state index contributed by atoms with van der Waals surface area (Å²) in [5, 5.41) is 3.66. The minimum absolute atomic E-state index is 0.432. The summed E-state index contributed by atoms with van der Waals surface area (Å²) < 4.78 is 5.12. The Morgan fingerprint density at radius 3 is 2.74 bits per heavy atom. The van der Waals surface area contributed by atoms with Gasteiger partial charge in [-0.1, -0.05) is 6.92 Å². The highest BCUT2D eigenvalue weighted by atomic mass is 16.5. The Hall–Kier alpha value is -0.930. The summed E-state index contributed by atoms with van der Waals surface area (Å²) in [5.74, 6) is 0. The lowest BCUT2D eigenvalue weighted by Gasteiger charge is -2.16. The average molecular weight is 262 g/mol. The van der Waals surface area contributed by atoms with Crippen molar-refractivity contribution in [2.24, 2.45) is 0 Å². The normalized spacial score (nSPS) is 16.6. The number of pyridine rings is 1. The monoisotopic (exact) mass is 262 g/mol. The van der Waals surface area contributed by atoms with E-state index in [-0.39, 0.29) is 0 Å². The Morgan fingerprint density at radius 1 is 1.37 bits per heavy atom. The summed E-state index contributed by atoms with van der Waals surface area (Å²) in [7, 11) is 1.75. The van der Waals surface area contributed by atoms with Crippen molar-refractivity contribution < 1.29 is 4.74 Å². The van der Waals surface area contributed by atoms with E-state index < -0.39 is 0 Å². The van der Waals surface area contributed by atoms with E-state index in [4.69, 9.17) is 9.72 Å². The van der Waals surface area contributed by atoms with E-state index in [1.165, 1.54) is 29.8 Å². The van der Waals surface area contributed by atoms with E-state index in [0.29, 0.717) is 6.04 Å². The van der Waals surface area contributed by atoms with E-state index >= 15 is 0 Å². The number of aromatic nitrogens is 1. The van der Waals surface area contributed by atoms with Gasteiger partial charge in [-0.25, -0.2) is 0 Å². The number of ether oxygens (including phenoxy) is 1. The third-order valence-corrected chi connectivity index (χ3v) is 3.66. The molecule has 19 heavy (non-hydrogen) atoms. The number of nitrogens with one attached hydrogen (secondary N) is 1. The van der Waals surface area contributed by atoms with Gasteiger partial charge in [0.25, 0.3) is 0 Å². The molecule has 1 fully saturated rings. The fourth-order valence-corrected chi connectivity index (χ4v) is 2.33. The summed E-state index contributed by atoms with van der Waals surface area (Å²) in [6, 6.07) is 5.68. The number of nitrogens with zero attached hydrogens (tertiary/aromatic N) is 1. The second-order valence-corrected chi connectivity index (χ2v) is 5.50. The third-order valence-electron chi connectivity index (χ3n) is 3.66. The van der Waals surface area contributed by atoms with Crippen LogP contribution < -0.4 is 5.32 Å². The smallest absolute Gasteiger partial charge is 0.0466 e. The Morgan fingerprint density at radius 2 is 2.11 bits per heavy atom. The second-order valence-electron chi connectivity index (χ2n) is 5.50. The largest absolute Gasteiger partial charge is 0.385 e. The molecule has 0 aliphatic heterocycles. The lowest BCUT2D eigenvalue weighted by atomic mass is 10.0. The van der Waals surface area contributed by atoms with Crippen molar-refractivity contribution in [2.75, 3.05) is 13.7 Å². The maximum absolute atomic E-state index is 5.12. The fraction of sp³-hybridized carbons (Fsp3) is 0.688. The minimum atomic E-state index is 0.432. The molecule has 0 aromatic carbocycles. The van der Waals surface area contributed by atoms with Crippen molar-refractivity contribution in [3.8, 4) is 0 Å². The molecule has 0 saturated heterocycles. The number of aryl methyl sites for hydroxylation is 2. The van der Waals surface area contributed by atoms with E-state index in [2.05, 4.69) is 31.3 Å². The highest BCUT2D eigenvalue weighted by Crippen LogP contribution is 2.24. The van der Waals surface area contributed by atoms with Gasteiger partial charge in [0.1, 0.15) is 0 Å². The van der Waals surface area contributed by atoms with Gasteiger partial charge in [0.15, 0.2) is 0 Å². The van der Waals surface area contributed by atoms with Crippen molar-refractivity contribution in [3.05, 3.63) is 29.1 Å². The first-order valence-corrected chi connectivity index (χ1v) is 7.47. The van der Waals surface area contributed by atoms with Crippen molar-refractivity contribution in [1.82, 2.24) is 10.3 Å². The van der Waals surface area contributed by atoms with Crippen molar-refractivity contribution in [1.29, 1.82) is 0 Å². The van der Waals surface area contributed by atoms with E-state index in [1.807, 2.05) is 0 Å². The zero-order chi connectivity index (χ0) is 13.7. The van der Waals surface area contributed by atoms with Crippen LogP contribution >= 0.6 is 0 Å². The van der Waals surface area contributed by atoms with Gasteiger partial charge >= 0.3 is 0 Å². The van der Waals surface area contributed by atoms with Crippen LogP contribution in [0.1, 0.15) is 56.1 Å². The topological polar surface area (TPSA) is 34.1 Å². The van der Waals surface area contributed by atoms with Crippen molar-refractivity contribution in [2.45, 2.75) is 58.0 Å². The molecule has 1 aromatic heterocycles. The van der Waals surface area contributed by atoms with Gasteiger partial charge in [-0.3, -0.25) is 4.98 Å². The van der Waals surface area contributed by atoms with E-state index in [9.17, 15) is 0 Å². The van der Waals surface area contributed by atoms with Gasteiger partial charge in [0.05, 0.1) is 0 Å². The highest BCUT2D eigenvalue weighted by molar-refractivity contribution is 5.25. The number of hydrogen-bond donors (Lipinski definition) is 1. The Bertz CT molecular complexity index is 402. The van der Waals surface area contributed by atoms with Crippen LogP contribution in [0.15, 0.2) is 12.1 Å². The minimum Gasteiger partial charge on any atom is -0.385 e. The summed E-state index contributed by atoms with van der Waals surface area (Å²) in [5.41, 5.74) is 3.79. The highest BCUT2D eigenvalue weighted by Gasteiger charge is 2.23. The summed E-state index contributed by atoms with van der Waals surface area (Å²) in [6.45, 7) is 5.24. The summed E-state index contributed by atoms with van der Waals surface area (Å²) >= 11 is 0. The SMILES string of the molecule is CCc1cc(C(C)NC2CC2)cc(CCCOC)n1. The molecule has 1 atom stereocenters. The van der Waals surface area contributed by atoms with Crippen LogP contribution in [0.5, 0.6) is 0 Å². The predicted molar refractivity (Wildman–Crippen MR) is 78.4 cm³/mol. The molecule has 1 aliphatic rings. The van der Waals surface area contributed by atoms with Crippen LogP contribution in [0.2, 0.25) is 0 Å². The van der Waals surface area contributed by atoms with Crippen molar-refractivity contribution >= 4 is 0 Å². The quantitative estimate of drug-likeness (QED) is 0.731. The molecule has 0 radical (unpaired) electrons. The lowest BCUT2D eigenvalue weighted by Crippen LogP contribution is -2.21. The lowest BCUT2D eigenvalue weighted by molar-refractivity contribution is 0.195. The molecular formula is C16H26N2O. The zero-order valence-corrected chi connectivity index (χ0v) is 12.4. The molecule has 1 saturated carbocycles. The molecule has 106 valence electrons. The van der Waals surface area contributed by atoms with Crippen LogP contribution in [0.25, 0.3) is 0 Å². The molecule has 0 spiro atoms. The summed E-state index contributed by atoms with van der Waals surface area (Å²) in [6.07, 6.45) is 5.71. The van der Waals surface area contributed by atoms with Gasteiger partial charge in [0, 0.05) is 37.2 Å². The Kier molecular flexibility index (Phi) is 5.34. The third kappa shape index (κ3) is 4.59.